The SMILES string of the molecule is CC(C)(C)C#Cc1cc(N)c(C=O)s1.COC. The highest BCUT2D eigenvalue weighted by molar-refractivity contribution is 7.14. The van der Waals surface area contributed by atoms with Gasteiger partial charge in [-0.25, -0.2) is 0 Å². The van der Waals surface area contributed by atoms with Crippen LogP contribution in [0.5, 0.6) is 0 Å². The van der Waals surface area contributed by atoms with Gasteiger partial charge in [-0.05, 0) is 26.8 Å². The normalized spacial score (nSPS) is 9.71. The Morgan fingerprint density at radius 1 is 1.41 bits per heavy atom. The molecule has 17 heavy (non-hydrogen) atoms. The second-order valence-electron chi connectivity index (χ2n) is 4.46. The van der Waals surface area contributed by atoms with Crippen molar-refractivity contribution in [2.45, 2.75) is 20.8 Å². The van der Waals surface area contributed by atoms with Crippen LogP contribution in [0, 0.1) is 17.3 Å². The third kappa shape index (κ3) is 6.77. The lowest BCUT2D eigenvalue weighted by Gasteiger charge is -2.06. The van der Waals surface area contributed by atoms with Crippen molar-refractivity contribution < 1.29 is 9.53 Å². The van der Waals surface area contributed by atoms with E-state index in [4.69, 9.17) is 5.73 Å². The molecule has 0 bridgehead atoms. The number of ether oxygens (including phenoxy) is 1. The van der Waals surface area contributed by atoms with Crippen LogP contribution in [0.3, 0.4) is 0 Å². The molecule has 0 unspecified atom stereocenters. The molecular formula is C13H19NO2S. The third-order valence-corrected chi connectivity index (χ3v) is 2.45. The Labute approximate surface area is 107 Å². The highest BCUT2D eigenvalue weighted by Gasteiger charge is 2.06. The summed E-state index contributed by atoms with van der Waals surface area (Å²) in [6.07, 6.45) is 0.766. The molecule has 0 aliphatic heterocycles. The molecule has 0 spiro atoms. The van der Waals surface area contributed by atoms with Gasteiger partial charge < -0.3 is 10.5 Å². The van der Waals surface area contributed by atoms with Crippen molar-refractivity contribution in [3.05, 3.63) is 15.8 Å². The quantitative estimate of drug-likeness (QED) is 0.618. The Morgan fingerprint density at radius 2 is 1.94 bits per heavy atom. The van der Waals surface area contributed by atoms with E-state index in [9.17, 15) is 4.79 Å². The van der Waals surface area contributed by atoms with Crippen LogP contribution in [0.15, 0.2) is 6.07 Å². The van der Waals surface area contributed by atoms with Crippen molar-refractivity contribution in [2.75, 3.05) is 20.0 Å². The van der Waals surface area contributed by atoms with E-state index in [1.54, 1.807) is 20.3 Å². The maximum atomic E-state index is 10.5. The first-order valence-corrected chi connectivity index (χ1v) is 5.93. The number of methoxy groups -OCH3 is 1. The zero-order valence-electron chi connectivity index (χ0n) is 11.0. The van der Waals surface area contributed by atoms with Gasteiger partial charge in [0.1, 0.15) is 0 Å². The molecule has 0 fully saturated rings. The summed E-state index contributed by atoms with van der Waals surface area (Å²) in [4.78, 5) is 11.9. The molecule has 1 aromatic heterocycles. The summed E-state index contributed by atoms with van der Waals surface area (Å²) >= 11 is 1.33. The van der Waals surface area contributed by atoms with Gasteiger partial charge in [-0.1, -0.05) is 11.8 Å². The Kier molecular flexibility index (Phi) is 6.55. The second-order valence-corrected chi connectivity index (χ2v) is 5.54. The minimum atomic E-state index is -0.0277. The summed E-state index contributed by atoms with van der Waals surface area (Å²) in [6, 6.07) is 1.74. The van der Waals surface area contributed by atoms with Crippen LogP contribution in [0.2, 0.25) is 0 Å². The van der Waals surface area contributed by atoms with E-state index in [0.717, 1.165) is 11.2 Å². The number of carbonyl (C=O) groups is 1. The van der Waals surface area contributed by atoms with Gasteiger partial charge in [-0.3, -0.25) is 4.79 Å². The zero-order chi connectivity index (χ0) is 13.5. The fourth-order valence-corrected chi connectivity index (χ4v) is 1.57. The fraction of sp³-hybridized carbons (Fsp3) is 0.462. The summed E-state index contributed by atoms with van der Waals surface area (Å²) < 4.78 is 4.25. The number of carbonyl (C=O) groups excluding carboxylic acids is 1. The van der Waals surface area contributed by atoms with Crippen LogP contribution < -0.4 is 5.73 Å². The first kappa shape index (κ1) is 15.7. The molecule has 3 nitrogen and oxygen atoms in total. The zero-order valence-corrected chi connectivity index (χ0v) is 11.8. The summed E-state index contributed by atoms with van der Waals surface area (Å²) in [5.74, 6) is 6.10. The number of rotatable bonds is 1. The average molecular weight is 253 g/mol. The maximum Gasteiger partial charge on any atom is 0.162 e. The molecule has 0 aromatic carbocycles. The van der Waals surface area contributed by atoms with Crippen molar-refractivity contribution in [2.24, 2.45) is 5.41 Å². The lowest BCUT2D eigenvalue weighted by molar-refractivity contribution is 0.112. The van der Waals surface area contributed by atoms with Gasteiger partial charge in [-0.2, -0.15) is 0 Å². The number of anilines is 1. The molecule has 0 saturated carbocycles. The van der Waals surface area contributed by atoms with E-state index in [2.05, 4.69) is 16.6 Å². The predicted molar refractivity (Wildman–Crippen MR) is 73.4 cm³/mol. The molecule has 1 rings (SSSR count). The smallest absolute Gasteiger partial charge is 0.162 e. The number of thiophene rings is 1. The van der Waals surface area contributed by atoms with Gasteiger partial charge in [0.05, 0.1) is 15.4 Å². The summed E-state index contributed by atoms with van der Waals surface area (Å²) in [5, 5.41) is 0. The van der Waals surface area contributed by atoms with Crippen LogP contribution in [-0.4, -0.2) is 20.5 Å². The van der Waals surface area contributed by atoms with E-state index in [1.807, 2.05) is 20.8 Å². The minimum Gasteiger partial charge on any atom is -0.397 e. The van der Waals surface area contributed by atoms with Gasteiger partial charge in [0.25, 0.3) is 0 Å². The minimum absolute atomic E-state index is 0.0277. The van der Waals surface area contributed by atoms with E-state index >= 15 is 0 Å². The number of nitrogen functional groups attached to an aromatic ring is 1. The largest absolute Gasteiger partial charge is 0.397 e. The lowest BCUT2D eigenvalue weighted by atomic mass is 9.98. The molecule has 0 saturated heterocycles. The Hall–Kier alpha value is -1.31. The van der Waals surface area contributed by atoms with Gasteiger partial charge in [0.15, 0.2) is 6.29 Å². The molecule has 0 aliphatic carbocycles. The highest BCUT2D eigenvalue weighted by Crippen LogP contribution is 2.22. The standard InChI is InChI=1S/C11H13NOS.C2H6O/c1-11(2,3)5-4-8-6-9(12)10(7-13)14-8;1-3-2/h6-7H,12H2,1-3H3;1-2H3. The van der Waals surface area contributed by atoms with E-state index in [1.165, 1.54) is 11.3 Å². The monoisotopic (exact) mass is 253 g/mol. The highest BCUT2D eigenvalue weighted by atomic mass is 32.1. The predicted octanol–water partition coefficient (Wildman–Crippen LogP) is 2.80. The van der Waals surface area contributed by atoms with Crippen molar-refractivity contribution in [1.82, 2.24) is 0 Å². The molecular weight excluding hydrogens is 234 g/mol. The molecule has 1 heterocycles. The summed E-state index contributed by atoms with van der Waals surface area (Å²) in [6.45, 7) is 6.12. The summed E-state index contributed by atoms with van der Waals surface area (Å²) in [7, 11) is 3.25. The van der Waals surface area contributed by atoms with Crippen LogP contribution in [-0.2, 0) is 4.74 Å². The van der Waals surface area contributed by atoms with Crippen LogP contribution in [0.1, 0.15) is 35.3 Å². The average Bonchev–Trinajstić information content (AvgIpc) is 2.56. The van der Waals surface area contributed by atoms with Crippen LogP contribution in [0.4, 0.5) is 5.69 Å². The van der Waals surface area contributed by atoms with Crippen molar-refractivity contribution >= 4 is 23.3 Å². The van der Waals surface area contributed by atoms with Crippen molar-refractivity contribution in [1.29, 1.82) is 0 Å². The second kappa shape index (κ2) is 7.10. The third-order valence-electron chi connectivity index (χ3n) is 1.46. The number of nitrogens with two attached hydrogens (primary N) is 1. The maximum absolute atomic E-state index is 10.5. The number of hydrogen-bond donors (Lipinski definition) is 1. The van der Waals surface area contributed by atoms with Crippen molar-refractivity contribution in [3.63, 3.8) is 0 Å². The van der Waals surface area contributed by atoms with Gasteiger partial charge in [-0.15, -0.1) is 11.3 Å². The first-order chi connectivity index (χ1) is 7.84. The Morgan fingerprint density at radius 3 is 2.29 bits per heavy atom. The lowest BCUT2D eigenvalue weighted by Crippen LogP contribution is -1.98. The van der Waals surface area contributed by atoms with Gasteiger partial charge >= 0.3 is 0 Å². The molecule has 0 aliphatic rings. The molecule has 2 N–H and O–H groups in total. The molecule has 94 valence electrons. The molecule has 0 radical (unpaired) electrons. The van der Waals surface area contributed by atoms with E-state index in [0.29, 0.717) is 10.6 Å². The molecule has 4 heteroatoms. The molecule has 1 aromatic rings. The van der Waals surface area contributed by atoms with Gasteiger partial charge in [0.2, 0.25) is 0 Å². The van der Waals surface area contributed by atoms with Crippen LogP contribution >= 0.6 is 11.3 Å². The van der Waals surface area contributed by atoms with Crippen LogP contribution in [0.25, 0.3) is 0 Å². The fourth-order valence-electron chi connectivity index (χ4n) is 0.822. The molecule has 0 atom stereocenters. The first-order valence-electron chi connectivity index (χ1n) is 5.12. The number of hydrogen-bond acceptors (Lipinski definition) is 4. The Bertz CT molecular complexity index is 419. The molecule has 0 amide bonds. The Balaban J connectivity index is 0.000000770. The number of aldehydes is 1. The topological polar surface area (TPSA) is 52.3 Å². The summed E-state index contributed by atoms with van der Waals surface area (Å²) in [5.41, 5.74) is 6.09. The van der Waals surface area contributed by atoms with Crippen molar-refractivity contribution in [3.8, 4) is 11.8 Å². The van der Waals surface area contributed by atoms with Gasteiger partial charge in [0, 0.05) is 19.6 Å². The van der Waals surface area contributed by atoms with E-state index < -0.39 is 0 Å². The van der Waals surface area contributed by atoms with E-state index in [-0.39, 0.29) is 5.41 Å².